The van der Waals surface area contributed by atoms with E-state index >= 15 is 0 Å². The number of hydrogen-bond acceptors (Lipinski definition) is 1. The highest BCUT2D eigenvalue weighted by Crippen LogP contribution is 2.14. The molecule has 1 amide bonds. The van der Waals surface area contributed by atoms with Crippen LogP contribution in [0, 0.1) is 11.8 Å². The van der Waals surface area contributed by atoms with Gasteiger partial charge < -0.3 is 5.32 Å². The molecule has 0 aliphatic heterocycles. The molecular formula is C11H23NO. The van der Waals surface area contributed by atoms with Gasteiger partial charge in [0, 0.05) is 6.54 Å². The quantitative estimate of drug-likeness (QED) is 0.457. The Balaban J connectivity index is 3.19. The van der Waals surface area contributed by atoms with Gasteiger partial charge in [-0.2, -0.15) is 0 Å². The number of amides is 1. The van der Waals surface area contributed by atoms with Crippen LogP contribution in [0.5, 0.6) is 0 Å². The minimum Gasteiger partial charge on any atom is -0.359 e. The molecule has 0 aromatic rings. The van der Waals surface area contributed by atoms with Crippen molar-refractivity contribution in [2.24, 2.45) is 11.8 Å². The van der Waals surface area contributed by atoms with E-state index in [9.17, 15) is 4.79 Å². The molecule has 0 spiro atoms. The Hall–Kier alpha value is -0.530. The summed E-state index contributed by atoms with van der Waals surface area (Å²) in [6.45, 7) is 7.61. The lowest BCUT2D eigenvalue weighted by Crippen LogP contribution is -2.14. The van der Waals surface area contributed by atoms with Crippen molar-refractivity contribution in [3.63, 3.8) is 0 Å². The molecular weight excluding hydrogens is 162 g/mol. The van der Waals surface area contributed by atoms with Crippen LogP contribution in [0.15, 0.2) is 0 Å². The van der Waals surface area contributed by atoms with E-state index in [4.69, 9.17) is 0 Å². The summed E-state index contributed by atoms with van der Waals surface area (Å²) in [6, 6.07) is 0. The summed E-state index contributed by atoms with van der Waals surface area (Å²) < 4.78 is 0. The van der Waals surface area contributed by atoms with Crippen molar-refractivity contribution in [1.82, 2.24) is 5.32 Å². The molecule has 2 heteroatoms. The van der Waals surface area contributed by atoms with Gasteiger partial charge in [-0.3, -0.25) is 4.79 Å². The molecule has 0 heterocycles. The highest BCUT2D eigenvalue weighted by atomic mass is 16.1. The zero-order valence-electron chi connectivity index (χ0n) is 9.18. The van der Waals surface area contributed by atoms with Gasteiger partial charge in [-0.05, 0) is 18.3 Å². The van der Waals surface area contributed by atoms with E-state index in [1.54, 1.807) is 0 Å². The maximum Gasteiger partial charge on any atom is 0.207 e. The normalized spacial score (nSPS) is 12.9. The van der Waals surface area contributed by atoms with Crippen molar-refractivity contribution in [1.29, 1.82) is 0 Å². The molecule has 78 valence electrons. The van der Waals surface area contributed by atoms with Crippen molar-refractivity contribution in [2.45, 2.75) is 46.5 Å². The molecule has 13 heavy (non-hydrogen) atoms. The van der Waals surface area contributed by atoms with Gasteiger partial charge in [-0.25, -0.2) is 0 Å². The van der Waals surface area contributed by atoms with Gasteiger partial charge in [-0.15, -0.1) is 0 Å². The Kier molecular flexibility index (Phi) is 7.76. The molecule has 2 nitrogen and oxygen atoms in total. The SMILES string of the molecule is CC(C)CCCC(C)CCNC=O. The summed E-state index contributed by atoms with van der Waals surface area (Å²) in [6.07, 6.45) is 5.82. The molecule has 0 saturated heterocycles. The summed E-state index contributed by atoms with van der Waals surface area (Å²) in [4.78, 5) is 9.98. The van der Waals surface area contributed by atoms with Gasteiger partial charge in [0.15, 0.2) is 0 Å². The van der Waals surface area contributed by atoms with Crippen LogP contribution in [0.3, 0.4) is 0 Å². The summed E-state index contributed by atoms with van der Waals surface area (Å²) >= 11 is 0. The van der Waals surface area contributed by atoms with Crippen molar-refractivity contribution in [2.75, 3.05) is 6.54 Å². The standard InChI is InChI=1S/C11H23NO/c1-10(2)5-4-6-11(3)7-8-12-9-13/h9-11H,4-8H2,1-3H3,(H,12,13). The third kappa shape index (κ3) is 9.38. The van der Waals surface area contributed by atoms with Crippen LogP contribution < -0.4 is 5.32 Å². The maximum absolute atomic E-state index is 9.98. The molecule has 0 aliphatic carbocycles. The first kappa shape index (κ1) is 12.5. The zero-order chi connectivity index (χ0) is 10.1. The predicted molar refractivity (Wildman–Crippen MR) is 56.5 cm³/mol. The first-order valence-electron chi connectivity index (χ1n) is 5.33. The largest absolute Gasteiger partial charge is 0.359 e. The van der Waals surface area contributed by atoms with Gasteiger partial charge in [0.25, 0.3) is 0 Å². The van der Waals surface area contributed by atoms with E-state index in [-0.39, 0.29) is 0 Å². The maximum atomic E-state index is 9.98. The van der Waals surface area contributed by atoms with E-state index < -0.39 is 0 Å². The number of rotatable bonds is 8. The smallest absolute Gasteiger partial charge is 0.207 e. The molecule has 0 saturated carbocycles. The molecule has 0 radical (unpaired) electrons. The molecule has 0 aromatic heterocycles. The summed E-state index contributed by atoms with van der Waals surface area (Å²) in [5, 5.41) is 2.70. The third-order valence-corrected chi connectivity index (χ3v) is 2.34. The fourth-order valence-electron chi connectivity index (χ4n) is 1.41. The van der Waals surface area contributed by atoms with Gasteiger partial charge >= 0.3 is 0 Å². The molecule has 0 aromatic carbocycles. The second kappa shape index (κ2) is 8.09. The Morgan fingerprint density at radius 1 is 1.15 bits per heavy atom. The molecule has 0 bridgehead atoms. The highest BCUT2D eigenvalue weighted by Gasteiger charge is 2.02. The molecule has 1 unspecified atom stereocenters. The first-order chi connectivity index (χ1) is 6.16. The van der Waals surface area contributed by atoms with Crippen molar-refractivity contribution in [3.05, 3.63) is 0 Å². The number of carbonyl (C=O) groups is 1. The molecule has 1 N–H and O–H groups in total. The lowest BCUT2D eigenvalue weighted by atomic mass is 9.97. The van der Waals surface area contributed by atoms with E-state index in [0.29, 0.717) is 0 Å². The van der Waals surface area contributed by atoms with E-state index in [0.717, 1.165) is 31.2 Å². The topological polar surface area (TPSA) is 29.1 Å². The summed E-state index contributed by atoms with van der Waals surface area (Å²) in [7, 11) is 0. The third-order valence-electron chi connectivity index (χ3n) is 2.34. The summed E-state index contributed by atoms with van der Waals surface area (Å²) in [5.41, 5.74) is 0. The van der Waals surface area contributed by atoms with Crippen LogP contribution in [0.1, 0.15) is 46.5 Å². The molecule has 1 atom stereocenters. The van der Waals surface area contributed by atoms with Gasteiger partial charge in [0.2, 0.25) is 6.41 Å². The first-order valence-corrected chi connectivity index (χ1v) is 5.33. The number of hydrogen-bond donors (Lipinski definition) is 1. The van der Waals surface area contributed by atoms with Crippen molar-refractivity contribution in [3.8, 4) is 0 Å². The van der Waals surface area contributed by atoms with Gasteiger partial charge in [0.05, 0.1) is 0 Å². The van der Waals surface area contributed by atoms with Crippen LogP contribution in [0.2, 0.25) is 0 Å². The average molecular weight is 185 g/mol. The van der Waals surface area contributed by atoms with E-state index in [2.05, 4.69) is 26.1 Å². The fourth-order valence-corrected chi connectivity index (χ4v) is 1.41. The molecule has 0 fully saturated rings. The Morgan fingerprint density at radius 2 is 1.85 bits per heavy atom. The summed E-state index contributed by atoms with van der Waals surface area (Å²) in [5.74, 6) is 1.56. The lowest BCUT2D eigenvalue weighted by molar-refractivity contribution is -0.109. The second-order valence-electron chi connectivity index (χ2n) is 4.29. The van der Waals surface area contributed by atoms with E-state index in [1.807, 2.05) is 0 Å². The molecule has 0 aliphatic rings. The average Bonchev–Trinajstić information content (AvgIpc) is 2.04. The van der Waals surface area contributed by atoms with Crippen LogP contribution >= 0.6 is 0 Å². The van der Waals surface area contributed by atoms with Crippen LogP contribution in [-0.4, -0.2) is 13.0 Å². The second-order valence-corrected chi connectivity index (χ2v) is 4.29. The van der Waals surface area contributed by atoms with Crippen LogP contribution in [-0.2, 0) is 4.79 Å². The predicted octanol–water partition coefficient (Wildman–Crippen LogP) is 2.58. The minimum absolute atomic E-state index is 0.742. The van der Waals surface area contributed by atoms with Crippen molar-refractivity contribution >= 4 is 6.41 Å². The van der Waals surface area contributed by atoms with Gasteiger partial charge in [0.1, 0.15) is 0 Å². The van der Waals surface area contributed by atoms with Gasteiger partial charge in [-0.1, -0.05) is 40.0 Å². The molecule has 0 rings (SSSR count). The Labute approximate surface area is 82.1 Å². The lowest BCUT2D eigenvalue weighted by Gasteiger charge is -2.11. The zero-order valence-corrected chi connectivity index (χ0v) is 9.18. The number of nitrogens with one attached hydrogen (secondary N) is 1. The Bertz CT molecular complexity index is 123. The van der Waals surface area contributed by atoms with Crippen molar-refractivity contribution < 1.29 is 4.79 Å². The van der Waals surface area contributed by atoms with Crippen LogP contribution in [0.4, 0.5) is 0 Å². The van der Waals surface area contributed by atoms with E-state index in [1.165, 1.54) is 19.3 Å². The fraction of sp³-hybridized carbons (Fsp3) is 0.909. The highest BCUT2D eigenvalue weighted by molar-refractivity contribution is 5.45. The van der Waals surface area contributed by atoms with Crippen LogP contribution in [0.25, 0.3) is 0 Å². The Morgan fingerprint density at radius 3 is 2.38 bits per heavy atom. The number of carbonyl (C=O) groups excluding carboxylic acids is 1. The minimum atomic E-state index is 0.742. The monoisotopic (exact) mass is 185 g/mol.